The normalized spacial score (nSPS) is 12.2. The summed E-state index contributed by atoms with van der Waals surface area (Å²) in [5.41, 5.74) is 11.2. The van der Waals surface area contributed by atoms with Crippen LogP contribution in [-0.4, -0.2) is 39.6 Å². The quantitative estimate of drug-likeness (QED) is 0.598. The number of rotatable bonds is 6. The van der Waals surface area contributed by atoms with Gasteiger partial charge in [-0.15, -0.1) is 0 Å². The molecular weight excluding hydrogens is 314 g/mol. The average molecular weight is 335 g/mol. The van der Waals surface area contributed by atoms with Gasteiger partial charge in [-0.05, 0) is 32.2 Å². The van der Waals surface area contributed by atoms with Crippen molar-refractivity contribution in [3.8, 4) is 11.1 Å². The van der Waals surface area contributed by atoms with E-state index in [-0.39, 0.29) is 0 Å². The SMILES string of the molecule is CNCCn1cc(-c2cnc3ccc(/C(C=N)=C(\C)N)nc3c2)cn1. The molecule has 0 atom stereocenters. The number of hydrogen-bond donors (Lipinski definition) is 3. The van der Waals surface area contributed by atoms with Crippen molar-refractivity contribution < 1.29 is 0 Å². The third kappa shape index (κ3) is 3.56. The summed E-state index contributed by atoms with van der Waals surface area (Å²) < 4.78 is 1.90. The minimum absolute atomic E-state index is 0.566. The maximum absolute atomic E-state index is 7.54. The van der Waals surface area contributed by atoms with Gasteiger partial charge in [-0.2, -0.15) is 5.10 Å². The Hall–Kier alpha value is -3.06. The first kappa shape index (κ1) is 16.8. The van der Waals surface area contributed by atoms with Gasteiger partial charge in [0.05, 0.1) is 29.5 Å². The zero-order valence-corrected chi connectivity index (χ0v) is 14.3. The van der Waals surface area contributed by atoms with Gasteiger partial charge in [0.2, 0.25) is 0 Å². The van der Waals surface area contributed by atoms with Crippen LogP contribution in [0.15, 0.2) is 42.5 Å². The number of allylic oxidation sites excluding steroid dienone is 2. The predicted molar refractivity (Wildman–Crippen MR) is 100 cm³/mol. The van der Waals surface area contributed by atoms with Crippen LogP contribution in [0.5, 0.6) is 0 Å². The molecule has 0 bridgehead atoms. The maximum atomic E-state index is 7.54. The van der Waals surface area contributed by atoms with Crippen LogP contribution >= 0.6 is 0 Å². The Morgan fingerprint density at radius 3 is 2.84 bits per heavy atom. The second kappa shape index (κ2) is 7.23. The van der Waals surface area contributed by atoms with Gasteiger partial charge >= 0.3 is 0 Å². The lowest BCUT2D eigenvalue weighted by Crippen LogP contribution is -2.14. The number of hydrogen-bond acceptors (Lipinski definition) is 6. The lowest BCUT2D eigenvalue weighted by atomic mass is 10.1. The fraction of sp³-hybridized carbons (Fsp3) is 0.222. The first-order chi connectivity index (χ1) is 12.1. The van der Waals surface area contributed by atoms with Crippen LogP contribution in [0, 0.1) is 5.41 Å². The fourth-order valence-corrected chi connectivity index (χ4v) is 2.57. The standard InChI is InChI=1S/C18H21N7/c1-12(20)15(8-19)16-3-4-17-18(24-16)7-13(9-22-17)14-10-23-25(11-14)6-5-21-2/h3-4,7-11,19,21H,5-6,20H2,1-2H3/b15-12+,19-8?. The molecule has 0 radical (unpaired) electrons. The van der Waals surface area contributed by atoms with Crippen LogP contribution in [0.25, 0.3) is 27.7 Å². The third-order valence-corrected chi connectivity index (χ3v) is 3.94. The molecular formula is C18H21N7. The molecule has 0 saturated heterocycles. The van der Waals surface area contributed by atoms with Crippen molar-refractivity contribution >= 4 is 22.8 Å². The summed E-state index contributed by atoms with van der Waals surface area (Å²) in [5, 5.41) is 15.0. The number of nitrogens with zero attached hydrogens (tertiary/aromatic N) is 4. The molecule has 0 aliphatic rings. The number of pyridine rings is 2. The van der Waals surface area contributed by atoms with E-state index >= 15 is 0 Å². The van der Waals surface area contributed by atoms with E-state index in [2.05, 4.69) is 20.4 Å². The Balaban J connectivity index is 1.99. The smallest absolute Gasteiger partial charge is 0.0900 e. The maximum Gasteiger partial charge on any atom is 0.0900 e. The molecule has 0 aromatic carbocycles. The molecule has 0 amide bonds. The Kier molecular flexibility index (Phi) is 4.85. The van der Waals surface area contributed by atoms with Gasteiger partial charge in [0.15, 0.2) is 0 Å². The van der Waals surface area contributed by atoms with Gasteiger partial charge in [0.25, 0.3) is 0 Å². The lowest BCUT2D eigenvalue weighted by molar-refractivity contribution is 0.585. The van der Waals surface area contributed by atoms with Gasteiger partial charge in [-0.25, -0.2) is 4.98 Å². The van der Waals surface area contributed by atoms with E-state index in [1.165, 1.54) is 6.21 Å². The molecule has 7 nitrogen and oxygen atoms in total. The molecule has 3 heterocycles. The zero-order chi connectivity index (χ0) is 17.8. The fourth-order valence-electron chi connectivity index (χ4n) is 2.57. The van der Waals surface area contributed by atoms with E-state index in [0.717, 1.165) is 35.2 Å². The van der Waals surface area contributed by atoms with E-state index < -0.39 is 0 Å². The minimum atomic E-state index is 0.566. The van der Waals surface area contributed by atoms with E-state index in [0.29, 0.717) is 17.0 Å². The molecule has 0 aliphatic heterocycles. The van der Waals surface area contributed by atoms with Gasteiger partial charge in [-0.1, -0.05) is 0 Å². The van der Waals surface area contributed by atoms with Crippen molar-refractivity contribution in [1.29, 1.82) is 5.41 Å². The van der Waals surface area contributed by atoms with Gasteiger partial charge in [0, 0.05) is 47.6 Å². The molecule has 0 saturated carbocycles. The molecule has 3 rings (SSSR count). The molecule has 0 fully saturated rings. The van der Waals surface area contributed by atoms with E-state index in [1.807, 2.05) is 48.5 Å². The summed E-state index contributed by atoms with van der Waals surface area (Å²) in [5.74, 6) is 0. The van der Waals surface area contributed by atoms with Crippen LogP contribution < -0.4 is 11.1 Å². The van der Waals surface area contributed by atoms with Gasteiger partial charge in [-0.3, -0.25) is 9.67 Å². The highest BCUT2D eigenvalue weighted by molar-refractivity contribution is 6.08. The summed E-state index contributed by atoms with van der Waals surface area (Å²) in [6.07, 6.45) is 6.88. The summed E-state index contributed by atoms with van der Waals surface area (Å²) in [6.45, 7) is 3.43. The van der Waals surface area contributed by atoms with Crippen molar-refractivity contribution in [2.75, 3.05) is 13.6 Å². The third-order valence-electron chi connectivity index (χ3n) is 3.94. The summed E-state index contributed by atoms with van der Waals surface area (Å²) in [7, 11) is 1.92. The number of nitrogens with two attached hydrogens (primary N) is 1. The largest absolute Gasteiger partial charge is 0.402 e. The highest BCUT2D eigenvalue weighted by Crippen LogP contribution is 2.23. The van der Waals surface area contributed by atoms with E-state index in [1.54, 1.807) is 6.92 Å². The molecule has 0 spiro atoms. The summed E-state index contributed by atoms with van der Waals surface area (Å²) in [6, 6.07) is 5.71. The summed E-state index contributed by atoms with van der Waals surface area (Å²) in [4.78, 5) is 9.11. The Morgan fingerprint density at radius 1 is 1.28 bits per heavy atom. The van der Waals surface area contributed by atoms with Crippen molar-refractivity contribution in [1.82, 2.24) is 25.1 Å². The van der Waals surface area contributed by atoms with Crippen molar-refractivity contribution in [2.45, 2.75) is 13.5 Å². The van der Waals surface area contributed by atoms with Gasteiger partial charge < -0.3 is 16.5 Å². The van der Waals surface area contributed by atoms with Crippen LogP contribution in [0.4, 0.5) is 0 Å². The molecule has 4 N–H and O–H groups in total. The highest BCUT2D eigenvalue weighted by atomic mass is 15.3. The Labute approximate surface area is 146 Å². The molecule has 0 unspecified atom stereocenters. The Bertz CT molecular complexity index is 936. The van der Waals surface area contributed by atoms with Crippen LogP contribution in [0.3, 0.4) is 0 Å². The first-order valence-electron chi connectivity index (χ1n) is 8.04. The number of nitrogens with one attached hydrogen (secondary N) is 2. The number of aromatic nitrogens is 4. The zero-order valence-electron chi connectivity index (χ0n) is 14.3. The van der Waals surface area contributed by atoms with E-state index in [9.17, 15) is 0 Å². The van der Waals surface area contributed by atoms with Crippen molar-refractivity contribution in [3.63, 3.8) is 0 Å². The van der Waals surface area contributed by atoms with E-state index in [4.69, 9.17) is 11.1 Å². The first-order valence-corrected chi connectivity index (χ1v) is 8.04. The summed E-state index contributed by atoms with van der Waals surface area (Å²) >= 11 is 0. The topological polar surface area (TPSA) is 106 Å². The molecule has 128 valence electrons. The predicted octanol–water partition coefficient (Wildman–Crippen LogP) is 2.05. The minimum Gasteiger partial charge on any atom is -0.402 e. The molecule has 25 heavy (non-hydrogen) atoms. The van der Waals surface area contributed by atoms with Crippen LogP contribution in [-0.2, 0) is 6.54 Å². The van der Waals surface area contributed by atoms with Crippen LogP contribution in [0.1, 0.15) is 12.6 Å². The molecule has 7 heteroatoms. The molecule has 0 aliphatic carbocycles. The monoisotopic (exact) mass is 335 g/mol. The number of fused-ring (bicyclic) bond motifs is 1. The molecule has 3 aromatic heterocycles. The lowest BCUT2D eigenvalue weighted by Gasteiger charge is -2.06. The second-order valence-corrected chi connectivity index (χ2v) is 5.80. The van der Waals surface area contributed by atoms with Crippen molar-refractivity contribution in [2.24, 2.45) is 5.73 Å². The molecule has 3 aromatic rings. The second-order valence-electron chi connectivity index (χ2n) is 5.80. The van der Waals surface area contributed by atoms with Gasteiger partial charge in [0.1, 0.15) is 0 Å². The van der Waals surface area contributed by atoms with Crippen molar-refractivity contribution in [3.05, 3.63) is 48.2 Å². The number of likely N-dealkylation sites (N-methyl/N-ethyl adjacent to an activating group) is 1. The highest BCUT2D eigenvalue weighted by Gasteiger charge is 2.08. The average Bonchev–Trinajstić information content (AvgIpc) is 3.08. The van der Waals surface area contributed by atoms with Crippen LogP contribution in [0.2, 0.25) is 0 Å². The Morgan fingerprint density at radius 2 is 2.12 bits per heavy atom.